The van der Waals surface area contributed by atoms with Gasteiger partial charge in [0.25, 0.3) is 0 Å². The monoisotopic (exact) mass is 337 g/mol. The SMILES string of the molecule is CCc1ccc(C2C[C@H](N)c3cc(Br)ccc3O2)s1. The van der Waals surface area contributed by atoms with Crippen LogP contribution in [-0.4, -0.2) is 0 Å². The van der Waals surface area contributed by atoms with Crippen LogP contribution in [0.2, 0.25) is 0 Å². The van der Waals surface area contributed by atoms with Gasteiger partial charge < -0.3 is 10.5 Å². The lowest BCUT2D eigenvalue weighted by Crippen LogP contribution is -2.23. The van der Waals surface area contributed by atoms with Crippen molar-refractivity contribution in [1.82, 2.24) is 0 Å². The summed E-state index contributed by atoms with van der Waals surface area (Å²) in [4.78, 5) is 2.68. The molecule has 1 aliphatic rings. The topological polar surface area (TPSA) is 35.2 Å². The molecule has 100 valence electrons. The normalized spacial score (nSPS) is 21.8. The zero-order chi connectivity index (χ0) is 13.4. The molecule has 0 radical (unpaired) electrons. The number of aryl methyl sites for hydroxylation is 1. The summed E-state index contributed by atoms with van der Waals surface area (Å²) < 4.78 is 7.16. The molecule has 0 spiro atoms. The number of benzene rings is 1. The van der Waals surface area contributed by atoms with Crippen LogP contribution in [0.25, 0.3) is 0 Å². The molecule has 2 atom stereocenters. The van der Waals surface area contributed by atoms with E-state index in [0.717, 1.165) is 28.6 Å². The molecule has 19 heavy (non-hydrogen) atoms. The lowest BCUT2D eigenvalue weighted by Gasteiger charge is -2.29. The van der Waals surface area contributed by atoms with E-state index >= 15 is 0 Å². The van der Waals surface area contributed by atoms with Gasteiger partial charge in [0.15, 0.2) is 0 Å². The first-order valence-electron chi connectivity index (χ1n) is 6.47. The van der Waals surface area contributed by atoms with Gasteiger partial charge in [-0.15, -0.1) is 11.3 Å². The molecule has 2 nitrogen and oxygen atoms in total. The van der Waals surface area contributed by atoms with Crippen LogP contribution < -0.4 is 10.5 Å². The molecule has 2 heterocycles. The molecule has 1 aliphatic heterocycles. The van der Waals surface area contributed by atoms with Crippen molar-refractivity contribution in [3.8, 4) is 5.75 Å². The third kappa shape index (κ3) is 2.57. The van der Waals surface area contributed by atoms with Crippen LogP contribution in [0.5, 0.6) is 5.75 Å². The highest BCUT2D eigenvalue weighted by molar-refractivity contribution is 9.10. The van der Waals surface area contributed by atoms with Crippen LogP contribution in [0.15, 0.2) is 34.8 Å². The molecule has 2 N–H and O–H groups in total. The Kier molecular flexibility index (Phi) is 3.65. The van der Waals surface area contributed by atoms with Crippen molar-refractivity contribution in [2.24, 2.45) is 5.73 Å². The lowest BCUT2D eigenvalue weighted by atomic mass is 9.97. The minimum absolute atomic E-state index is 0.0402. The number of ether oxygens (including phenoxy) is 1. The van der Waals surface area contributed by atoms with Gasteiger partial charge in [-0.2, -0.15) is 0 Å². The number of nitrogens with two attached hydrogens (primary N) is 1. The number of hydrogen-bond donors (Lipinski definition) is 1. The summed E-state index contributed by atoms with van der Waals surface area (Å²) in [6, 6.07) is 10.5. The van der Waals surface area contributed by atoms with Gasteiger partial charge in [-0.1, -0.05) is 22.9 Å². The molecule has 3 rings (SSSR count). The van der Waals surface area contributed by atoms with Crippen molar-refractivity contribution in [2.75, 3.05) is 0 Å². The summed E-state index contributed by atoms with van der Waals surface area (Å²) in [5, 5.41) is 0. The number of hydrogen-bond acceptors (Lipinski definition) is 3. The molecule has 0 saturated heterocycles. The molecule has 1 aromatic carbocycles. The average molecular weight is 338 g/mol. The summed E-state index contributed by atoms with van der Waals surface area (Å²) in [5.41, 5.74) is 7.38. The number of fused-ring (bicyclic) bond motifs is 1. The maximum atomic E-state index is 6.29. The number of rotatable bonds is 2. The van der Waals surface area contributed by atoms with Crippen LogP contribution in [0, 0.1) is 0 Å². The van der Waals surface area contributed by atoms with Crippen molar-refractivity contribution >= 4 is 27.3 Å². The Morgan fingerprint density at radius 3 is 2.95 bits per heavy atom. The van der Waals surface area contributed by atoms with Crippen LogP contribution >= 0.6 is 27.3 Å². The number of halogens is 1. The van der Waals surface area contributed by atoms with Crippen molar-refractivity contribution in [3.05, 3.63) is 50.1 Å². The van der Waals surface area contributed by atoms with E-state index in [2.05, 4.69) is 41.1 Å². The highest BCUT2D eigenvalue weighted by atomic mass is 79.9. The smallest absolute Gasteiger partial charge is 0.135 e. The van der Waals surface area contributed by atoms with E-state index in [1.165, 1.54) is 9.75 Å². The fourth-order valence-corrected chi connectivity index (χ4v) is 3.78. The van der Waals surface area contributed by atoms with Crippen molar-refractivity contribution in [3.63, 3.8) is 0 Å². The predicted octanol–water partition coefficient (Wildman–Crippen LogP) is 4.60. The minimum Gasteiger partial charge on any atom is -0.484 e. The Morgan fingerprint density at radius 2 is 2.21 bits per heavy atom. The van der Waals surface area contributed by atoms with Crippen molar-refractivity contribution < 1.29 is 4.74 Å². The number of thiophene rings is 1. The van der Waals surface area contributed by atoms with Crippen molar-refractivity contribution in [2.45, 2.75) is 31.9 Å². The molecule has 0 saturated carbocycles. The molecule has 0 bridgehead atoms. The summed E-state index contributed by atoms with van der Waals surface area (Å²) >= 11 is 5.31. The van der Waals surface area contributed by atoms with Crippen LogP contribution in [0.4, 0.5) is 0 Å². The van der Waals surface area contributed by atoms with Crippen LogP contribution in [-0.2, 0) is 6.42 Å². The standard InChI is InChI=1S/C15H16BrNOS/c1-2-10-4-6-15(19-10)14-8-12(17)11-7-9(16)3-5-13(11)18-14/h3-7,12,14H,2,8,17H2,1H3/t12-,14?/m0/s1. The first-order valence-corrected chi connectivity index (χ1v) is 8.08. The summed E-state index contributed by atoms with van der Waals surface area (Å²) in [6.45, 7) is 2.18. The van der Waals surface area contributed by atoms with Gasteiger partial charge in [0.05, 0.1) is 0 Å². The van der Waals surface area contributed by atoms with Gasteiger partial charge >= 0.3 is 0 Å². The van der Waals surface area contributed by atoms with Gasteiger partial charge in [-0.3, -0.25) is 0 Å². The quantitative estimate of drug-likeness (QED) is 0.869. The van der Waals surface area contributed by atoms with E-state index in [-0.39, 0.29) is 12.1 Å². The fraction of sp³-hybridized carbons (Fsp3) is 0.333. The minimum atomic E-state index is 0.0402. The zero-order valence-corrected chi connectivity index (χ0v) is 13.1. The predicted molar refractivity (Wildman–Crippen MR) is 82.8 cm³/mol. The van der Waals surface area contributed by atoms with E-state index in [1.54, 1.807) is 0 Å². The summed E-state index contributed by atoms with van der Waals surface area (Å²) in [6.07, 6.45) is 2.01. The molecule has 0 aliphatic carbocycles. The highest BCUT2D eigenvalue weighted by Crippen LogP contribution is 2.42. The Labute approximate surface area is 125 Å². The van der Waals surface area contributed by atoms with Gasteiger partial charge in [0, 0.05) is 32.3 Å². The van der Waals surface area contributed by atoms with E-state index in [4.69, 9.17) is 10.5 Å². The van der Waals surface area contributed by atoms with Gasteiger partial charge in [0.2, 0.25) is 0 Å². The Hall–Kier alpha value is -0.840. The molecular formula is C15H16BrNOS. The van der Waals surface area contributed by atoms with Gasteiger partial charge in [0.1, 0.15) is 11.9 Å². The molecule has 2 aromatic rings. The van der Waals surface area contributed by atoms with Gasteiger partial charge in [-0.25, -0.2) is 0 Å². The first kappa shape index (κ1) is 13.2. The zero-order valence-electron chi connectivity index (χ0n) is 10.7. The molecule has 4 heteroatoms. The highest BCUT2D eigenvalue weighted by Gasteiger charge is 2.28. The third-order valence-corrected chi connectivity index (χ3v) is 5.27. The molecule has 1 unspecified atom stereocenters. The molecule has 0 amide bonds. The van der Waals surface area contributed by atoms with Crippen LogP contribution in [0.3, 0.4) is 0 Å². The summed E-state index contributed by atoms with van der Waals surface area (Å²) in [7, 11) is 0. The van der Waals surface area contributed by atoms with E-state index < -0.39 is 0 Å². The third-order valence-electron chi connectivity index (χ3n) is 3.46. The average Bonchev–Trinajstić information content (AvgIpc) is 2.88. The molecule has 1 aromatic heterocycles. The maximum Gasteiger partial charge on any atom is 0.135 e. The Balaban J connectivity index is 1.90. The Morgan fingerprint density at radius 1 is 1.37 bits per heavy atom. The molecular weight excluding hydrogens is 322 g/mol. The second-order valence-corrected chi connectivity index (χ2v) is 6.90. The second-order valence-electron chi connectivity index (χ2n) is 4.79. The Bertz CT molecular complexity index is 596. The molecule has 0 fully saturated rings. The second kappa shape index (κ2) is 5.27. The maximum absolute atomic E-state index is 6.29. The van der Waals surface area contributed by atoms with Gasteiger partial charge in [-0.05, 0) is 36.8 Å². The first-order chi connectivity index (χ1) is 9.17. The van der Waals surface area contributed by atoms with Crippen molar-refractivity contribution in [1.29, 1.82) is 0 Å². The summed E-state index contributed by atoms with van der Waals surface area (Å²) in [5.74, 6) is 0.915. The fourth-order valence-electron chi connectivity index (χ4n) is 2.41. The van der Waals surface area contributed by atoms with E-state index in [0.29, 0.717) is 0 Å². The lowest BCUT2D eigenvalue weighted by molar-refractivity contribution is 0.165. The van der Waals surface area contributed by atoms with E-state index in [1.807, 2.05) is 23.5 Å². The van der Waals surface area contributed by atoms with E-state index in [9.17, 15) is 0 Å². The van der Waals surface area contributed by atoms with Crippen LogP contribution in [0.1, 0.15) is 40.8 Å². The largest absolute Gasteiger partial charge is 0.484 e.